The normalized spacial score (nSPS) is 16.7. The van der Waals surface area contributed by atoms with Gasteiger partial charge in [-0.15, -0.1) is 11.8 Å². The van der Waals surface area contributed by atoms with E-state index < -0.39 is 0 Å². The zero-order valence-corrected chi connectivity index (χ0v) is 12.3. The van der Waals surface area contributed by atoms with Crippen LogP contribution in [0.15, 0.2) is 41.3 Å². The molecule has 0 bridgehead atoms. The van der Waals surface area contributed by atoms with E-state index in [1.54, 1.807) is 18.2 Å². The van der Waals surface area contributed by atoms with Gasteiger partial charge in [0.1, 0.15) is 5.82 Å². The minimum atomic E-state index is -0.362. The third kappa shape index (κ3) is 5.23. The van der Waals surface area contributed by atoms with Gasteiger partial charge in [0.15, 0.2) is 0 Å². The summed E-state index contributed by atoms with van der Waals surface area (Å²) in [4.78, 5) is 23.6. The summed E-state index contributed by atoms with van der Waals surface area (Å²) in [6, 6.07) is 6.26. The van der Waals surface area contributed by atoms with Crippen molar-refractivity contribution in [1.82, 2.24) is 10.9 Å². The van der Waals surface area contributed by atoms with Crippen LogP contribution in [0.2, 0.25) is 0 Å². The molecular weight excluding hydrogens is 291 g/mol. The maximum Gasteiger partial charge on any atom is 0.248 e. The summed E-state index contributed by atoms with van der Waals surface area (Å²) >= 11 is 1.09. The van der Waals surface area contributed by atoms with Gasteiger partial charge in [-0.1, -0.05) is 24.3 Å². The number of nitrogens with one attached hydrogen (secondary N) is 2. The number of rotatable bonds is 5. The molecule has 2 N–H and O–H groups in total. The molecule has 0 aliphatic heterocycles. The largest absolute Gasteiger partial charge is 0.273 e. The average molecular weight is 308 g/mol. The number of benzene rings is 1. The second-order valence-corrected chi connectivity index (χ2v) is 5.80. The van der Waals surface area contributed by atoms with Crippen LogP contribution in [0.4, 0.5) is 4.39 Å². The molecule has 0 saturated heterocycles. The van der Waals surface area contributed by atoms with Gasteiger partial charge in [0.2, 0.25) is 11.8 Å². The van der Waals surface area contributed by atoms with E-state index >= 15 is 0 Å². The number of hydrogen-bond acceptors (Lipinski definition) is 3. The highest BCUT2D eigenvalue weighted by molar-refractivity contribution is 8.00. The third-order valence-corrected chi connectivity index (χ3v) is 4.15. The predicted molar refractivity (Wildman–Crippen MR) is 79.9 cm³/mol. The fraction of sp³-hybridized carbons (Fsp3) is 0.333. The Morgan fingerprint density at radius 1 is 1.24 bits per heavy atom. The molecule has 0 fully saturated rings. The Labute approximate surface area is 127 Å². The van der Waals surface area contributed by atoms with Gasteiger partial charge in [-0.05, 0) is 30.9 Å². The molecule has 0 heterocycles. The maximum absolute atomic E-state index is 13.4. The summed E-state index contributed by atoms with van der Waals surface area (Å²) in [5, 5.41) is 0. The zero-order valence-electron chi connectivity index (χ0n) is 11.5. The van der Waals surface area contributed by atoms with Gasteiger partial charge < -0.3 is 0 Å². The molecule has 4 nitrogen and oxygen atoms in total. The topological polar surface area (TPSA) is 58.2 Å². The fourth-order valence-corrected chi connectivity index (χ4v) is 2.77. The van der Waals surface area contributed by atoms with E-state index in [4.69, 9.17) is 0 Å². The van der Waals surface area contributed by atoms with Crippen molar-refractivity contribution in [2.75, 3.05) is 5.75 Å². The Morgan fingerprint density at radius 2 is 2.00 bits per heavy atom. The summed E-state index contributed by atoms with van der Waals surface area (Å²) in [7, 11) is 0. The van der Waals surface area contributed by atoms with Crippen molar-refractivity contribution in [3.63, 3.8) is 0 Å². The second kappa shape index (κ2) is 7.83. The summed E-state index contributed by atoms with van der Waals surface area (Å²) in [6.07, 6.45) is 6.43. The summed E-state index contributed by atoms with van der Waals surface area (Å²) in [5.41, 5.74) is 4.72. The van der Waals surface area contributed by atoms with E-state index in [2.05, 4.69) is 16.9 Å². The van der Waals surface area contributed by atoms with Gasteiger partial charge >= 0.3 is 0 Å². The van der Waals surface area contributed by atoms with Crippen molar-refractivity contribution >= 4 is 23.6 Å². The number of hydrazine groups is 1. The van der Waals surface area contributed by atoms with E-state index in [9.17, 15) is 14.0 Å². The molecule has 21 heavy (non-hydrogen) atoms. The van der Waals surface area contributed by atoms with Crippen LogP contribution in [0, 0.1) is 11.7 Å². The molecule has 6 heteroatoms. The highest BCUT2D eigenvalue weighted by Gasteiger charge is 2.14. The van der Waals surface area contributed by atoms with Crippen molar-refractivity contribution < 1.29 is 14.0 Å². The first-order chi connectivity index (χ1) is 10.1. The molecule has 1 aromatic rings. The highest BCUT2D eigenvalue weighted by atomic mass is 32.2. The highest BCUT2D eigenvalue weighted by Crippen LogP contribution is 2.21. The van der Waals surface area contributed by atoms with Crippen LogP contribution in [-0.2, 0) is 9.59 Å². The summed E-state index contributed by atoms with van der Waals surface area (Å²) in [5.74, 6) is -0.624. The van der Waals surface area contributed by atoms with Crippen LogP contribution < -0.4 is 10.9 Å². The molecule has 112 valence electrons. The number of thioether (sulfide) groups is 1. The summed E-state index contributed by atoms with van der Waals surface area (Å²) in [6.45, 7) is 0. The van der Waals surface area contributed by atoms with Crippen molar-refractivity contribution in [2.45, 2.75) is 24.2 Å². The molecule has 0 unspecified atom stereocenters. The molecule has 1 atom stereocenters. The standard InChI is InChI=1S/C15H17FN2O2S/c16-12-7-3-4-8-13(12)21-10-15(20)18-17-14(19)9-11-5-1-2-6-11/h1,3-5,7-8,11H,2,6,9-10H2,(H,17,19)(H,18,20)/t11-/m0/s1. The van der Waals surface area contributed by atoms with Crippen LogP contribution in [0.3, 0.4) is 0 Å². The third-order valence-electron chi connectivity index (χ3n) is 3.10. The molecule has 1 aromatic carbocycles. The maximum atomic E-state index is 13.4. The molecule has 2 rings (SSSR count). The molecule has 0 aromatic heterocycles. The van der Waals surface area contributed by atoms with Crippen LogP contribution in [-0.4, -0.2) is 17.6 Å². The summed E-state index contributed by atoms with van der Waals surface area (Å²) < 4.78 is 13.4. The lowest BCUT2D eigenvalue weighted by Gasteiger charge is -2.10. The Morgan fingerprint density at radius 3 is 2.71 bits per heavy atom. The van der Waals surface area contributed by atoms with Gasteiger partial charge in [0.25, 0.3) is 0 Å². The first-order valence-corrected chi connectivity index (χ1v) is 7.75. The molecule has 2 amide bonds. The molecule has 0 saturated carbocycles. The van der Waals surface area contributed by atoms with E-state index in [0.29, 0.717) is 11.3 Å². The minimum Gasteiger partial charge on any atom is -0.273 e. The number of amides is 2. The SMILES string of the molecule is O=C(CSc1ccccc1F)NNC(=O)C[C@H]1C=CCC1. The molecular formula is C15H17FN2O2S. The Balaban J connectivity index is 1.66. The van der Waals surface area contributed by atoms with Gasteiger partial charge in [-0.3, -0.25) is 20.4 Å². The van der Waals surface area contributed by atoms with Crippen molar-refractivity contribution in [3.8, 4) is 0 Å². The van der Waals surface area contributed by atoms with Gasteiger partial charge in [-0.25, -0.2) is 4.39 Å². The average Bonchev–Trinajstić information content (AvgIpc) is 2.97. The number of carbonyl (C=O) groups is 2. The van der Waals surface area contributed by atoms with Gasteiger partial charge in [0.05, 0.1) is 5.75 Å². The number of halogens is 1. The Bertz CT molecular complexity index is 548. The van der Waals surface area contributed by atoms with E-state index in [-0.39, 0.29) is 29.3 Å². The van der Waals surface area contributed by atoms with Crippen LogP contribution in [0.5, 0.6) is 0 Å². The second-order valence-electron chi connectivity index (χ2n) is 4.79. The Hall–Kier alpha value is -1.82. The molecule has 0 spiro atoms. The van der Waals surface area contributed by atoms with Gasteiger partial charge in [0, 0.05) is 11.3 Å². The van der Waals surface area contributed by atoms with Crippen molar-refractivity contribution in [1.29, 1.82) is 0 Å². The minimum absolute atomic E-state index is 0.0462. The van der Waals surface area contributed by atoms with E-state index in [1.807, 2.05) is 6.08 Å². The first kappa shape index (κ1) is 15.6. The lowest BCUT2D eigenvalue weighted by atomic mass is 10.1. The monoisotopic (exact) mass is 308 g/mol. The van der Waals surface area contributed by atoms with E-state index in [0.717, 1.165) is 24.6 Å². The van der Waals surface area contributed by atoms with Crippen LogP contribution in [0.1, 0.15) is 19.3 Å². The Kier molecular flexibility index (Phi) is 5.80. The fourth-order valence-electron chi connectivity index (χ4n) is 2.04. The lowest BCUT2D eigenvalue weighted by Crippen LogP contribution is -2.42. The smallest absolute Gasteiger partial charge is 0.248 e. The van der Waals surface area contributed by atoms with Crippen LogP contribution in [0.25, 0.3) is 0 Å². The molecule has 1 aliphatic rings. The van der Waals surface area contributed by atoms with E-state index in [1.165, 1.54) is 6.07 Å². The number of hydrogen-bond donors (Lipinski definition) is 2. The van der Waals surface area contributed by atoms with Gasteiger partial charge in [-0.2, -0.15) is 0 Å². The number of allylic oxidation sites excluding steroid dienone is 2. The molecule has 1 aliphatic carbocycles. The number of carbonyl (C=O) groups excluding carboxylic acids is 2. The van der Waals surface area contributed by atoms with Crippen LogP contribution >= 0.6 is 11.8 Å². The lowest BCUT2D eigenvalue weighted by molar-refractivity contribution is -0.128. The zero-order chi connectivity index (χ0) is 15.1. The van der Waals surface area contributed by atoms with Crippen molar-refractivity contribution in [3.05, 3.63) is 42.2 Å². The first-order valence-electron chi connectivity index (χ1n) is 6.77. The van der Waals surface area contributed by atoms with Crippen molar-refractivity contribution in [2.24, 2.45) is 5.92 Å². The molecule has 0 radical (unpaired) electrons. The quantitative estimate of drug-likeness (QED) is 0.499. The predicted octanol–water partition coefficient (Wildman–Crippen LogP) is 2.42.